The number of hydrogen-bond donors (Lipinski definition) is 1. The summed E-state index contributed by atoms with van der Waals surface area (Å²) in [6.45, 7) is 3.34. The highest BCUT2D eigenvalue weighted by Gasteiger charge is 2.34. The van der Waals surface area contributed by atoms with Crippen LogP contribution in [0.15, 0.2) is 81.3 Å². The van der Waals surface area contributed by atoms with Gasteiger partial charge in [-0.1, -0.05) is 35.9 Å². The molecule has 0 radical (unpaired) electrons. The first kappa shape index (κ1) is 19.9. The third kappa shape index (κ3) is 3.86. The highest BCUT2D eigenvalue weighted by atomic mass is 32.2. The minimum atomic E-state index is -3.77. The second-order valence-electron chi connectivity index (χ2n) is 7.11. The van der Waals surface area contributed by atoms with E-state index in [4.69, 9.17) is 4.42 Å². The molecule has 0 saturated carbocycles. The summed E-state index contributed by atoms with van der Waals surface area (Å²) in [6, 6.07) is 16.8. The van der Waals surface area contributed by atoms with Gasteiger partial charge in [0.2, 0.25) is 5.91 Å². The number of carbonyl (C=O) groups is 1. The minimum absolute atomic E-state index is 0.176. The molecule has 1 amide bonds. The van der Waals surface area contributed by atoms with Crippen molar-refractivity contribution in [2.75, 3.05) is 4.72 Å². The molecule has 0 saturated heterocycles. The van der Waals surface area contributed by atoms with E-state index in [1.165, 1.54) is 11.9 Å². The van der Waals surface area contributed by atoms with E-state index in [1.54, 1.807) is 66.9 Å². The van der Waals surface area contributed by atoms with Crippen molar-refractivity contribution >= 4 is 27.3 Å². The Bertz CT molecular complexity index is 1200. The van der Waals surface area contributed by atoms with Crippen molar-refractivity contribution < 1.29 is 17.6 Å². The molecule has 8 heteroatoms. The van der Waals surface area contributed by atoms with Crippen LogP contribution in [0.1, 0.15) is 36.3 Å². The molecule has 1 aliphatic heterocycles. The molecule has 0 bridgehead atoms. The molecule has 4 rings (SSSR count). The number of nitrogens with zero attached hydrogens (tertiary/aromatic N) is 2. The van der Waals surface area contributed by atoms with Crippen LogP contribution < -0.4 is 4.72 Å². The summed E-state index contributed by atoms with van der Waals surface area (Å²) in [4.78, 5) is 12.3. The molecule has 0 unspecified atom stereocenters. The van der Waals surface area contributed by atoms with Gasteiger partial charge < -0.3 is 4.42 Å². The first-order chi connectivity index (χ1) is 14.3. The Morgan fingerprint density at radius 1 is 1.10 bits per heavy atom. The van der Waals surface area contributed by atoms with Crippen molar-refractivity contribution in [2.24, 2.45) is 5.10 Å². The maximum atomic E-state index is 12.9. The number of benzene rings is 2. The van der Waals surface area contributed by atoms with E-state index >= 15 is 0 Å². The fourth-order valence-corrected chi connectivity index (χ4v) is 4.49. The van der Waals surface area contributed by atoms with Gasteiger partial charge in [-0.2, -0.15) is 5.10 Å². The normalized spacial score (nSPS) is 16.4. The van der Waals surface area contributed by atoms with Gasteiger partial charge in [0.1, 0.15) is 11.8 Å². The summed E-state index contributed by atoms with van der Waals surface area (Å²) < 4.78 is 33.9. The quantitative estimate of drug-likeness (QED) is 0.669. The standard InChI is InChI=1S/C22H21N3O4S/c1-15-9-11-17(12-10-15)30(27,28)24-19-7-4-3-6-18(19)20-14-21(22-8-5-13-29-22)25(23-20)16(2)26/h3-13,21,24H,14H2,1-2H3/t21-/m1/s1. The molecule has 2 aromatic carbocycles. The van der Waals surface area contributed by atoms with Gasteiger partial charge in [0.15, 0.2) is 0 Å². The maximum absolute atomic E-state index is 12.9. The molecule has 30 heavy (non-hydrogen) atoms. The Balaban J connectivity index is 1.67. The molecular weight excluding hydrogens is 402 g/mol. The van der Waals surface area contributed by atoms with Crippen molar-refractivity contribution in [2.45, 2.75) is 31.2 Å². The molecule has 7 nitrogen and oxygen atoms in total. The minimum Gasteiger partial charge on any atom is -0.467 e. The summed E-state index contributed by atoms with van der Waals surface area (Å²) in [6.07, 6.45) is 1.96. The average Bonchev–Trinajstić information content (AvgIpc) is 3.38. The van der Waals surface area contributed by atoms with Crippen molar-refractivity contribution in [3.63, 3.8) is 0 Å². The van der Waals surface area contributed by atoms with Gasteiger partial charge in [-0.25, -0.2) is 13.4 Å². The van der Waals surface area contributed by atoms with Crippen LogP contribution in [-0.4, -0.2) is 25.0 Å². The number of hydrogen-bond acceptors (Lipinski definition) is 5. The van der Waals surface area contributed by atoms with Gasteiger partial charge in [0, 0.05) is 18.9 Å². The zero-order valence-corrected chi connectivity index (χ0v) is 17.4. The highest BCUT2D eigenvalue weighted by molar-refractivity contribution is 7.92. The van der Waals surface area contributed by atoms with Crippen LogP contribution in [0.25, 0.3) is 0 Å². The van der Waals surface area contributed by atoms with Gasteiger partial charge in [-0.3, -0.25) is 9.52 Å². The number of rotatable bonds is 5. The lowest BCUT2D eigenvalue weighted by atomic mass is 10.0. The van der Waals surface area contributed by atoms with Gasteiger partial charge in [0.25, 0.3) is 10.0 Å². The second kappa shape index (κ2) is 7.79. The van der Waals surface area contributed by atoms with Crippen LogP contribution in [0.5, 0.6) is 0 Å². The number of anilines is 1. The number of aryl methyl sites for hydroxylation is 1. The van der Waals surface area contributed by atoms with Gasteiger partial charge in [-0.15, -0.1) is 0 Å². The monoisotopic (exact) mass is 423 g/mol. The zero-order valence-electron chi connectivity index (χ0n) is 16.6. The third-order valence-electron chi connectivity index (χ3n) is 4.92. The molecule has 0 fully saturated rings. The van der Waals surface area contributed by atoms with E-state index in [0.29, 0.717) is 29.1 Å². The van der Waals surface area contributed by atoms with E-state index < -0.39 is 10.0 Å². The van der Waals surface area contributed by atoms with Crippen LogP contribution in [0.2, 0.25) is 0 Å². The summed E-state index contributed by atoms with van der Waals surface area (Å²) in [7, 11) is -3.77. The number of carbonyl (C=O) groups excluding carboxylic acids is 1. The van der Waals surface area contributed by atoms with Gasteiger partial charge in [0.05, 0.1) is 22.6 Å². The Morgan fingerprint density at radius 3 is 2.50 bits per heavy atom. The summed E-state index contributed by atoms with van der Waals surface area (Å²) in [5, 5.41) is 5.85. The first-order valence-corrected chi connectivity index (χ1v) is 10.9. The molecular formula is C22H21N3O4S. The van der Waals surface area contributed by atoms with Crippen LogP contribution in [0.4, 0.5) is 5.69 Å². The first-order valence-electron chi connectivity index (χ1n) is 9.45. The number of hydrazone groups is 1. The summed E-state index contributed by atoms with van der Waals surface area (Å²) in [5.41, 5.74) is 2.60. The van der Waals surface area contributed by atoms with E-state index in [1.807, 2.05) is 6.92 Å². The number of nitrogens with one attached hydrogen (secondary N) is 1. The fourth-order valence-electron chi connectivity index (χ4n) is 3.41. The van der Waals surface area contributed by atoms with Gasteiger partial charge >= 0.3 is 0 Å². The van der Waals surface area contributed by atoms with E-state index in [9.17, 15) is 13.2 Å². The number of furan rings is 1. The highest BCUT2D eigenvalue weighted by Crippen LogP contribution is 2.35. The number of amides is 1. The Morgan fingerprint density at radius 2 is 1.83 bits per heavy atom. The fraction of sp³-hybridized carbons (Fsp3) is 0.182. The predicted molar refractivity (Wildman–Crippen MR) is 114 cm³/mol. The molecule has 0 spiro atoms. The van der Waals surface area contributed by atoms with Crippen molar-refractivity contribution in [1.29, 1.82) is 0 Å². The Labute approximate surface area is 175 Å². The van der Waals surface area contributed by atoms with E-state index in [2.05, 4.69) is 9.82 Å². The lowest BCUT2D eigenvalue weighted by molar-refractivity contribution is -0.130. The maximum Gasteiger partial charge on any atom is 0.261 e. The zero-order chi connectivity index (χ0) is 21.3. The molecule has 0 aliphatic carbocycles. The largest absolute Gasteiger partial charge is 0.467 e. The summed E-state index contributed by atoms with van der Waals surface area (Å²) >= 11 is 0. The smallest absolute Gasteiger partial charge is 0.261 e. The molecule has 1 aromatic heterocycles. The van der Waals surface area contributed by atoms with Gasteiger partial charge in [-0.05, 0) is 37.3 Å². The van der Waals surface area contributed by atoms with Crippen LogP contribution in [0.3, 0.4) is 0 Å². The van der Waals surface area contributed by atoms with Crippen LogP contribution >= 0.6 is 0 Å². The predicted octanol–water partition coefficient (Wildman–Crippen LogP) is 4.09. The summed E-state index contributed by atoms with van der Waals surface area (Å²) in [5.74, 6) is 0.408. The molecule has 2 heterocycles. The van der Waals surface area contributed by atoms with E-state index in [-0.39, 0.29) is 16.8 Å². The Kier molecular flexibility index (Phi) is 5.17. The topological polar surface area (TPSA) is 92.0 Å². The molecule has 1 aliphatic rings. The molecule has 1 atom stereocenters. The second-order valence-corrected chi connectivity index (χ2v) is 8.79. The number of sulfonamides is 1. The number of para-hydroxylation sites is 1. The van der Waals surface area contributed by atoms with Crippen molar-refractivity contribution in [1.82, 2.24) is 5.01 Å². The van der Waals surface area contributed by atoms with Crippen LogP contribution in [-0.2, 0) is 14.8 Å². The average molecular weight is 423 g/mol. The molecule has 1 N–H and O–H groups in total. The lowest BCUT2D eigenvalue weighted by Gasteiger charge is -2.17. The van der Waals surface area contributed by atoms with Crippen molar-refractivity contribution in [3.8, 4) is 0 Å². The SMILES string of the molecule is CC(=O)N1N=C(c2ccccc2NS(=O)(=O)c2ccc(C)cc2)C[C@@H]1c1ccco1. The van der Waals surface area contributed by atoms with Crippen molar-refractivity contribution in [3.05, 3.63) is 83.8 Å². The van der Waals surface area contributed by atoms with Crippen LogP contribution in [0, 0.1) is 6.92 Å². The molecule has 3 aromatic rings. The Hall–Kier alpha value is -3.39. The lowest BCUT2D eigenvalue weighted by Crippen LogP contribution is -2.23. The van der Waals surface area contributed by atoms with E-state index in [0.717, 1.165) is 5.56 Å². The molecule has 154 valence electrons. The third-order valence-corrected chi connectivity index (χ3v) is 6.30.